The molecular formula is C22H24Cl2N2O4. The Bertz CT molecular complexity index is 1010. The molecule has 0 bridgehead atoms. The molecule has 6 nitrogen and oxygen atoms in total. The highest BCUT2D eigenvalue weighted by Gasteiger charge is 2.53. The summed E-state index contributed by atoms with van der Waals surface area (Å²) < 4.78 is 11.7. The monoisotopic (exact) mass is 450 g/mol. The van der Waals surface area contributed by atoms with Crippen molar-refractivity contribution in [3.8, 4) is 11.6 Å². The molecule has 8 heteroatoms. The van der Waals surface area contributed by atoms with Crippen molar-refractivity contribution >= 4 is 34.8 Å². The van der Waals surface area contributed by atoms with Crippen molar-refractivity contribution in [2.24, 2.45) is 0 Å². The van der Waals surface area contributed by atoms with Crippen molar-refractivity contribution in [3.05, 3.63) is 45.3 Å². The molecule has 1 aromatic carbocycles. The van der Waals surface area contributed by atoms with Crippen molar-refractivity contribution in [2.45, 2.75) is 65.1 Å². The molecule has 0 unspecified atom stereocenters. The first-order valence-corrected chi connectivity index (χ1v) is 10.4. The van der Waals surface area contributed by atoms with Gasteiger partial charge in [0.1, 0.15) is 28.0 Å². The van der Waals surface area contributed by atoms with Gasteiger partial charge in [0, 0.05) is 5.56 Å². The summed E-state index contributed by atoms with van der Waals surface area (Å²) in [5.41, 5.74) is -0.151. The number of aromatic nitrogens is 2. The van der Waals surface area contributed by atoms with Gasteiger partial charge in [0.15, 0.2) is 11.6 Å². The first-order valence-electron chi connectivity index (χ1n) is 9.66. The number of nitrogens with zero attached hydrogens (tertiary/aromatic N) is 2. The molecule has 1 aromatic heterocycles. The molecule has 30 heavy (non-hydrogen) atoms. The number of hydrogen-bond acceptors (Lipinski definition) is 6. The van der Waals surface area contributed by atoms with Crippen LogP contribution in [-0.4, -0.2) is 32.7 Å². The van der Waals surface area contributed by atoms with E-state index in [-0.39, 0.29) is 27.9 Å². The third kappa shape index (κ3) is 4.09. The molecule has 0 spiro atoms. The number of carbonyl (C=O) groups is 2. The molecular weight excluding hydrogens is 427 g/mol. The zero-order valence-corrected chi connectivity index (χ0v) is 19.3. The molecule has 0 saturated carbocycles. The molecule has 1 fully saturated rings. The van der Waals surface area contributed by atoms with E-state index in [2.05, 4.69) is 9.97 Å². The van der Waals surface area contributed by atoms with E-state index in [1.54, 1.807) is 46.8 Å². The lowest BCUT2D eigenvalue weighted by Crippen LogP contribution is -2.58. The predicted molar refractivity (Wildman–Crippen MR) is 115 cm³/mol. The Balaban J connectivity index is 2.09. The van der Waals surface area contributed by atoms with E-state index in [4.69, 9.17) is 32.7 Å². The predicted octanol–water partition coefficient (Wildman–Crippen LogP) is 5.26. The molecule has 0 atom stereocenters. The molecule has 160 valence electrons. The Labute approximate surface area is 185 Å². The largest absolute Gasteiger partial charge is 0.439 e. The number of ether oxygens (including phenoxy) is 2. The van der Waals surface area contributed by atoms with Gasteiger partial charge in [0.05, 0.1) is 0 Å². The number of Topliss-reactive ketones (excluding diaryl/α,β-unsaturated/α-hetero) is 2. The summed E-state index contributed by atoms with van der Waals surface area (Å²) in [6.45, 7) is 10.4. The number of hydrogen-bond donors (Lipinski definition) is 0. The standard InChI is InChI=1S/C22H24Cl2N2O4/c1-7-12-8-9-13(29-19-11(2)18(23)25-20(24)26-19)10-14(12)15-16(27)21(3,4)30-22(5,6)17(15)28/h8-10,15H,7H2,1-6H3. The minimum absolute atomic E-state index is 0.0377. The Hall–Kier alpha value is -2.02. The lowest BCUT2D eigenvalue weighted by Gasteiger charge is -2.43. The maximum atomic E-state index is 13.2. The van der Waals surface area contributed by atoms with Gasteiger partial charge in [-0.2, -0.15) is 4.98 Å². The second kappa shape index (κ2) is 7.91. The first-order chi connectivity index (χ1) is 13.9. The van der Waals surface area contributed by atoms with Crippen LogP contribution in [-0.2, 0) is 20.7 Å². The average Bonchev–Trinajstić information content (AvgIpc) is 2.64. The van der Waals surface area contributed by atoms with E-state index in [0.717, 1.165) is 5.56 Å². The summed E-state index contributed by atoms with van der Waals surface area (Å²) in [4.78, 5) is 34.3. The lowest BCUT2D eigenvalue weighted by atomic mass is 9.73. The topological polar surface area (TPSA) is 78.4 Å². The van der Waals surface area contributed by atoms with Gasteiger partial charge < -0.3 is 9.47 Å². The van der Waals surface area contributed by atoms with Crippen LogP contribution in [0.1, 0.15) is 57.2 Å². The quantitative estimate of drug-likeness (QED) is 0.359. The molecule has 1 aliphatic heterocycles. The van der Waals surface area contributed by atoms with Crippen LogP contribution in [0.2, 0.25) is 10.4 Å². The molecule has 2 aromatic rings. The number of ketones is 2. The van der Waals surface area contributed by atoms with Gasteiger partial charge in [-0.15, -0.1) is 0 Å². The molecule has 0 N–H and O–H groups in total. The van der Waals surface area contributed by atoms with Crippen molar-refractivity contribution in [1.82, 2.24) is 9.97 Å². The van der Waals surface area contributed by atoms with Gasteiger partial charge in [0.2, 0.25) is 11.2 Å². The fraction of sp³-hybridized carbons (Fsp3) is 0.455. The summed E-state index contributed by atoms with van der Waals surface area (Å²) in [5, 5.41) is 0.151. The summed E-state index contributed by atoms with van der Waals surface area (Å²) in [6.07, 6.45) is 0.651. The van der Waals surface area contributed by atoms with Gasteiger partial charge in [0.25, 0.3) is 0 Å². The Morgan fingerprint density at radius 3 is 2.23 bits per heavy atom. The van der Waals surface area contributed by atoms with Crippen molar-refractivity contribution in [3.63, 3.8) is 0 Å². The van der Waals surface area contributed by atoms with Crippen molar-refractivity contribution < 1.29 is 19.1 Å². The molecule has 2 heterocycles. The van der Waals surface area contributed by atoms with E-state index in [9.17, 15) is 9.59 Å². The highest BCUT2D eigenvalue weighted by Crippen LogP contribution is 2.41. The average molecular weight is 451 g/mol. The number of halogens is 2. The van der Waals surface area contributed by atoms with Crippen LogP contribution in [0.4, 0.5) is 0 Å². The number of carbonyl (C=O) groups excluding carboxylic acids is 2. The zero-order chi connectivity index (χ0) is 22.4. The van der Waals surface area contributed by atoms with Crippen LogP contribution in [0.5, 0.6) is 11.6 Å². The molecule has 1 saturated heterocycles. The minimum Gasteiger partial charge on any atom is -0.439 e. The Morgan fingerprint density at radius 2 is 1.67 bits per heavy atom. The van der Waals surface area contributed by atoms with Gasteiger partial charge in [-0.3, -0.25) is 9.59 Å². The van der Waals surface area contributed by atoms with Crippen LogP contribution < -0.4 is 4.74 Å². The van der Waals surface area contributed by atoms with Gasteiger partial charge >= 0.3 is 0 Å². The smallest absolute Gasteiger partial charge is 0.228 e. The second-order valence-electron chi connectivity index (χ2n) is 8.31. The van der Waals surface area contributed by atoms with Crippen molar-refractivity contribution in [2.75, 3.05) is 0 Å². The number of benzene rings is 1. The summed E-state index contributed by atoms with van der Waals surface area (Å²) >= 11 is 12.0. The fourth-order valence-corrected chi connectivity index (χ4v) is 4.08. The lowest BCUT2D eigenvalue weighted by molar-refractivity contribution is -0.184. The van der Waals surface area contributed by atoms with E-state index in [1.807, 2.05) is 13.0 Å². The van der Waals surface area contributed by atoms with Crippen LogP contribution in [0.15, 0.2) is 18.2 Å². The van der Waals surface area contributed by atoms with E-state index in [1.165, 1.54) is 0 Å². The Kier molecular flexibility index (Phi) is 5.98. The minimum atomic E-state index is -1.09. The Morgan fingerprint density at radius 1 is 1.07 bits per heavy atom. The molecule has 0 amide bonds. The van der Waals surface area contributed by atoms with Crippen LogP contribution in [0, 0.1) is 6.92 Å². The van der Waals surface area contributed by atoms with Gasteiger partial charge in [-0.25, -0.2) is 4.98 Å². The summed E-state index contributed by atoms with van der Waals surface area (Å²) in [5.74, 6) is -0.869. The fourth-order valence-electron chi connectivity index (χ4n) is 3.72. The molecule has 0 aliphatic carbocycles. The maximum Gasteiger partial charge on any atom is 0.228 e. The number of aryl methyl sites for hydroxylation is 1. The third-order valence-corrected chi connectivity index (χ3v) is 5.80. The first kappa shape index (κ1) is 22.7. The van der Waals surface area contributed by atoms with Gasteiger partial charge in [-0.05, 0) is 75.9 Å². The number of rotatable bonds is 4. The SMILES string of the molecule is CCc1ccc(Oc2nc(Cl)nc(Cl)c2C)cc1C1C(=O)C(C)(C)OC(C)(C)C1=O. The third-order valence-electron chi connectivity index (χ3n) is 5.26. The van der Waals surface area contributed by atoms with Crippen LogP contribution >= 0.6 is 23.2 Å². The zero-order valence-electron chi connectivity index (χ0n) is 17.8. The van der Waals surface area contributed by atoms with Crippen LogP contribution in [0.3, 0.4) is 0 Å². The van der Waals surface area contributed by atoms with E-state index in [0.29, 0.717) is 23.3 Å². The van der Waals surface area contributed by atoms with Crippen molar-refractivity contribution in [1.29, 1.82) is 0 Å². The van der Waals surface area contributed by atoms with Gasteiger partial charge in [-0.1, -0.05) is 24.6 Å². The maximum absolute atomic E-state index is 13.2. The molecule has 1 aliphatic rings. The second-order valence-corrected chi connectivity index (χ2v) is 9.01. The van der Waals surface area contributed by atoms with Crippen LogP contribution in [0.25, 0.3) is 0 Å². The highest BCUT2D eigenvalue weighted by molar-refractivity contribution is 6.32. The molecule has 3 rings (SSSR count). The molecule has 0 radical (unpaired) electrons. The highest BCUT2D eigenvalue weighted by atomic mass is 35.5. The normalized spacial score (nSPS) is 18.5. The summed E-state index contributed by atoms with van der Waals surface area (Å²) in [6, 6.07) is 5.32. The summed E-state index contributed by atoms with van der Waals surface area (Å²) in [7, 11) is 0. The van der Waals surface area contributed by atoms with E-state index >= 15 is 0 Å². The van der Waals surface area contributed by atoms with E-state index < -0.39 is 17.1 Å².